The Labute approximate surface area is 131 Å². The van der Waals surface area contributed by atoms with Crippen molar-refractivity contribution in [1.82, 2.24) is 10.2 Å². The second-order valence-corrected chi connectivity index (χ2v) is 5.99. The first-order chi connectivity index (χ1) is 10.1. The molecule has 0 aromatic heterocycles. The van der Waals surface area contributed by atoms with Gasteiger partial charge < -0.3 is 15.0 Å². The van der Waals surface area contributed by atoms with E-state index >= 15 is 0 Å². The maximum atomic E-state index is 12.5. The van der Waals surface area contributed by atoms with Crippen LogP contribution in [-0.4, -0.2) is 43.0 Å². The van der Waals surface area contributed by atoms with E-state index in [1.54, 1.807) is 4.90 Å². The van der Waals surface area contributed by atoms with Crippen LogP contribution in [0.4, 0.5) is 0 Å². The maximum Gasteiger partial charge on any atom is 0.253 e. The van der Waals surface area contributed by atoms with Gasteiger partial charge >= 0.3 is 0 Å². The number of hydrogen-bond donors (Lipinski definition) is 1. The molecule has 0 atom stereocenters. The molecule has 110 valence electrons. The zero-order chi connectivity index (χ0) is 14.8. The minimum atomic E-state index is -0.127. The van der Waals surface area contributed by atoms with Gasteiger partial charge in [-0.2, -0.15) is 0 Å². The van der Waals surface area contributed by atoms with E-state index in [9.17, 15) is 9.59 Å². The SMILES string of the molecule is O=C1CN(C(=O)C2=Cc3cc(Br)ccc3OC2)CCCN1. The van der Waals surface area contributed by atoms with E-state index in [2.05, 4.69) is 21.2 Å². The molecule has 2 heterocycles. The fraction of sp³-hybridized carbons (Fsp3) is 0.333. The van der Waals surface area contributed by atoms with Crippen LogP contribution in [0.1, 0.15) is 12.0 Å². The van der Waals surface area contributed by atoms with E-state index in [4.69, 9.17) is 4.74 Å². The molecule has 2 amide bonds. The van der Waals surface area contributed by atoms with Gasteiger partial charge in [-0.1, -0.05) is 15.9 Å². The number of nitrogens with zero attached hydrogens (tertiary/aromatic N) is 1. The number of rotatable bonds is 1. The van der Waals surface area contributed by atoms with E-state index in [1.165, 1.54) is 0 Å². The summed E-state index contributed by atoms with van der Waals surface area (Å²) in [6, 6.07) is 5.69. The van der Waals surface area contributed by atoms with Gasteiger partial charge in [0.25, 0.3) is 5.91 Å². The van der Waals surface area contributed by atoms with Crippen LogP contribution in [0.25, 0.3) is 6.08 Å². The van der Waals surface area contributed by atoms with Gasteiger partial charge in [0.2, 0.25) is 5.91 Å². The highest BCUT2D eigenvalue weighted by molar-refractivity contribution is 9.10. The molecular weight excluding hydrogens is 336 g/mol. The molecule has 5 nitrogen and oxygen atoms in total. The molecule has 2 aliphatic heterocycles. The van der Waals surface area contributed by atoms with Crippen molar-refractivity contribution in [3.05, 3.63) is 33.8 Å². The van der Waals surface area contributed by atoms with Crippen LogP contribution in [0.5, 0.6) is 5.75 Å². The van der Waals surface area contributed by atoms with E-state index in [1.807, 2.05) is 24.3 Å². The highest BCUT2D eigenvalue weighted by Gasteiger charge is 2.25. The highest BCUT2D eigenvalue weighted by atomic mass is 79.9. The Kier molecular flexibility index (Phi) is 3.96. The Morgan fingerprint density at radius 2 is 2.24 bits per heavy atom. The molecule has 1 aromatic rings. The van der Waals surface area contributed by atoms with Gasteiger partial charge in [-0.25, -0.2) is 0 Å². The van der Waals surface area contributed by atoms with Gasteiger partial charge in [-0.15, -0.1) is 0 Å². The lowest BCUT2D eigenvalue weighted by molar-refractivity contribution is -0.132. The Morgan fingerprint density at radius 3 is 3.10 bits per heavy atom. The molecule has 2 aliphatic rings. The predicted octanol–water partition coefficient (Wildman–Crippen LogP) is 1.57. The minimum Gasteiger partial charge on any atom is -0.488 e. The molecule has 1 N–H and O–H groups in total. The number of carbonyl (C=O) groups excluding carboxylic acids is 2. The standard InChI is InChI=1S/C15H15BrN2O3/c16-12-2-3-13-10(7-12)6-11(9-21-13)15(20)18-5-1-4-17-14(19)8-18/h2-3,6-7H,1,4-5,8-9H2,(H,17,19). The molecule has 1 saturated heterocycles. The number of fused-ring (bicyclic) bond motifs is 1. The number of amides is 2. The van der Waals surface area contributed by atoms with Crippen LogP contribution in [0.15, 0.2) is 28.2 Å². The average molecular weight is 351 g/mol. The van der Waals surface area contributed by atoms with Crippen molar-refractivity contribution in [2.24, 2.45) is 0 Å². The molecule has 1 fully saturated rings. The first kappa shape index (κ1) is 14.1. The van der Waals surface area contributed by atoms with E-state index < -0.39 is 0 Å². The summed E-state index contributed by atoms with van der Waals surface area (Å²) in [7, 11) is 0. The number of halogens is 1. The Morgan fingerprint density at radius 1 is 1.38 bits per heavy atom. The lowest BCUT2D eigenvalue weighted by atomic mass is 10.1. The number of benzene rings is 1. The minimum absolute atomic E-state index is 0.110. The topological polar surface area (TPSA) is 58.6 Å². The summed E-state index contributed by atoms with van der Waals surface area (Å²) in [5.41, 5.74) is 1.45. The van der Waals surface area contributed by atoms with Gasteiger partial charge in [0.1, 0.15) is 12.4 Å². The molecule has 3 rings (SSSR count). The first-order valence-corrected chi connectivity index (χ1v) is 7.62. The normalized spacial score (nSPS) is 18.0. The van der Waals surface area contributed by atoms with Crippen LogP contribution >= 0.6 is 15.9 Å². The summed E-state index contributed by atoms with van der Waals surface area (Å²) in [6.07, 6.45) is 2.61. The van der Waals surface area contributed by atoms with Crippen LogP contribution < -0.4 is 10.1 Å². The van der Waals surface area contributed by atoms with Crippen LogP contribution in [-0.2, 0) is 9.59 Å². The molecule has 0 radical (unpaired) electrons. The first-order valence-electron chi connectivity index (χ1n) is 6.82. The molecule has 0 aliphatic carbocycles. The van der Waals surface area contributed by atoms with Crippen molar-refractivity contribution < 1.29 is 14.3 Å². The second-order valence-electron chi connectivity index (χ2n) is 5.07. The summed E-state index contributed by atoms with van der Waals surface area (Å²) in [5.74, 6) is 0.530. The third-order valence-electron chi connectivity index (χ3n) is 3.51. The monoisotopic (exact) mass is 350 g/mol. The van der Waals surface area contributed by atoms with Crippen LogP contribution in [0, 0.1) is 0 Å². The molecule has 0 bridgehead atoms. The largest absolute Gasteiger partial charge is 0.488 e. The van der Waals surface area contributed by atoms with Gasteiger partial charge in [0.05, 0.1) is 12.1 Å². The van der Waals surface area contributed by atoms with Crippen molar-refractivity contribution in [2.45, 2.75) is 6.42 Å². The van der Waals surface area contributed by atoms with Crippen LogP contribution in [0.3, 0.4) is 0 Å². The summed E-state index contributed by atoms with van der Waals surface area (Å²) < 4.78 is 6.56. The zero-order valence-corrected chi connectivity index (χ0v) is 13.0. The van der Waals surface area contributed by atoms with E-state index in [0.717, 1.165) is 22.2 Å². The quantitative estimate of drug-likeness (QED) is 0.836. The summed E-state index contributed by atoms with van der Waals surface area (Å²) in [5, 5.41) is 2.77. The number of ether oxygens (including phenoxy) is 1. The molecule has 1 aromatic carbocycles. The van der Waals surface area contributed by atoms with Gasteiger partial charge in [0, 0.05) is 23.1 Å². The van der Waals surface area contributed by atoms with E-state index in [-0.39, 0.29) is 25.0 Å². The number of nitrogens with one attached hydrogen (secondary N) is 1. The maximum absolute atomic E-state index is 12.5. The molecular formula is C15H15BrN2O3. The van der Waals surface area contributed by atoms with Gasteiger partial charge in [0.15, 0.2) is 0 Å². The Bertz CT molecular complexity index is 627. The molecule has 0 unspecified atom stereocenters. The Balaban J connectivity index is 1.83. The van der Waals surface area contributed by atoms with Gasteiger partial charge in [-0.05, 0) is 30.7 Å². The highest BCUT2D eigenvalue weighted by Crippen LogP contribution is 2.29. The number of carbonyl (C=O) groups is 2. The summed E-state index contributed by atoms with van der Waals surface area (Å²) in [6.45, 7) is 1.56. The lowest BCUT2D eigenvalue weighted by Gasteiger charge is -2.23. The smallest absolute Gasteiger partial charge is 0.253 e. The zero-order valence-electron chi connectivity index (χ0n) is 11.4. The lowest BCUT2D eigenvalue weighted by Crippen LogP contribution is -2.39. The third-order valence-corrected chi connectivity index (χ3v) is 4.00. The molecule has 0 spiro atoms. The van der Waals surface area contributed by atoms with Crippen molar-refractivity contribution in [1.29, 1.82) is 0 Å². The fourth-order valence-electron chi connectivity index (χ4n) is 2.45. The van der Waals surface area contributed by atoms with Crippen LogP contribution in [0.2, 0.25) is 0 Å². The average Bonchev–Trinajstić information content (AvgIpc) is 2.70. The van der Waals surface area contributed by atoms with Crippen molar-refractivity contribution in [3.8, 4) is 5.75 Å². The third kappa shape index (κ3) is 3.10. The molecule has 6 heteroatoms. The van der Waals surface area contributed by atoms with Crippen molar-refractivity contribution in [2.75, 3.05) is 26.2 Å². The second kappa shape index (κ2) is 5.89. The summed E-state index contributed by atoms with van der Waals surface area (Å²) in [4.78, 5) is 25.7. The number of hydrogen-bond acceptors (Lipinski definition) is 3. The fourth-order valence-corrected chi connectivity index (χ4v) is 2.83. The summed E-state index contributed by atoms with van der Waals surface area (Å²) >= 11 is 3.41. The van der Waals surface area contributed by atoms with Crippen molar-refractivity contribution >= 4 is 33.8 Å². The van der Waals surface area contributed by atoms with Gasteiger partial charge in [-0.3, -0.25) is 9.59 Å². The Hall–Kier alpha value is -1.82. The molecule has 0 saturated carbocycles. The predicted molar refractivity (Wildman–Crippen MR) is 81.8 cm³/mol. The van der Waals surface area contributed by atoms with E-state index in [0.29, 0.717) is 18.7 Å². The molecule has 21 heavy (non-hydrogen) atoms. The van der Waals surface area contributed by atoms with Crippen molar-refractivity contribution in [3.63, 3.8) is 0 Å².